The van der Waals surface area contributed by atoms with Gasteiger partial charge in [-0.2, -0.15) is 5.10 Å². The Morgan fingerprint density at radius 2 is 1.96 bits per heavy atom. The van der Waals surface area contributed by atoms with Crippen LogP contribution < -0.4 is 11.1 Å². The summed E-state index contributed by atoms with van der Waals surface area (Å²) in [5.41, 5.74) is 9.25. The highest BCUT2D eigenvalue weighted by atomic mass is 16.1. The van der Waals surface area contributed by atoms with Gasteiger partial charge in [-0.05, 0) is 26.8 Å². The number of hydrogen-bond acceptors (Lipinski definition) is 4. The quantitative estimate of drug-likeness (QED) is 0.765. The second-order valence-corrected chi connectivity index (χ2v) is 7.00. The molecule has 0 unspecified atom stereocenters. The number of aryl methyl sites for hydroxylation is 2. The molecule has 0 aliphatic heterocycles. The van der Waals surface area contributed by atoms with Gasteiger partial charge in [-0.3, -0.25) is 9.48 Å². The molecule has 0 radical (unpaired) electrons. The van der Waals surface area contributed by atoms with Gasteiger partial charge in [-0.1, -0.05) is 30.3 Å². The van der Waals surface area contributed by atoms with E-state index in [0.717, 1.165) is 22.3 Å². The van der Waals surface area contributed by atoms with E-state index in [1.54, 1.807) is 4.68 Å². The topological polar surface area (TPSA) is 85.8 Å². The number of benzene rings is 1. The van der Waals surface area contributed by atoms with Crippen molar-refractivity contribution in [3.63, 3.8) is 0 Å². The van der Waals surface area contributed by atoms with Gasteiger partial charge in [0.2, 0.25) is 0 Å². The molecule has 25 heavy (non-hydrogen) atoms. The average Bonchev–Trinajstić information content (AvgIpc) is 2.86. The number of carbonyl (C=O) groups is 1. The summed E-state index contributed by atoms with van der Waals surface area (Å²) < 4.78 is 1.71. The lowest BCUT2D eigenvalue weighted by molar-refractivity contribution is 0.0947. The molecule has 6 heteroatoms. The summed E-state index contributed by atoms with van der Waals surface area (Å²) >= 11 is 0. The van der Waals surface area contributed by atoms with Gasteiger partial charge in [0.25, 0.3) is 5.91 Å². The van der Waals surface area contributed by atoms with E-state index in [1.165, 1.54) is 0 Å². The van der Waals surface area contributed by atoms with Crippen LogP contribution in [-0.2, 0) is 7.05 Å². The molecule has 2 aromatic heterocycles. The number of carbonyl (C=O) groups excluding carboxylic acids is 1. The van der Waals surface area contributed by atoms with Crippen LogP contribution in [0.1, 0.15) is 29.9 Å². The van der Waals surface area contributed by atoms with Crippen LogP contribution >= 0.6 is 0 Å². The highest BCUT2D eigenvalue weighted by molar-refractivity contribution is 6.07. The average molecular weight is 337 g/mol. The van der Waals surface area contributed by atoms with Crippen molar-refractivity contribution in [2.45, 2.75) is 26.3 Å². The molecule has 0 aliphatic carbocycles. The Morgan fingerprint density at radius 1 is 1.28 bits per heavy atom. The smallest absolute Gasteiger partial charge is 0.252 e. The van der Waals surface area contributed by atoms with Gasteiger partial charge in [0.15, 0.2) is 5.65 Å². The van der Waals surface area contributed by atoms with Gasteiger partial charge in [0.1, 0.15) is 0 Å². The summed E-state index contributed by atoms with van der Waals surface area (Å²) in [5, 5.41) is 8.12. The van der Waals surface area contributed by atoms with Crippen molar-refractivity contribution >= 4 is 16.9 Å². The van der Waals surface area contributed by atoms with E-state index in [1.807, 2.05) is 64.2 Å². The molecule has 0 fully saturated rings. The largest absolute Gasteiger partial charge is 0.350 e. The van der Waals surface area contributed by atoms with E-state index < -0.39 is 5.54 Å². The highest BCUT2D eigenvalue weighted by Crippen LogP contribution is 2.26. The first-order chi connectivity index (χ1) is 11.8. The minimum atomic E-state index is -0.478. The van der Waals surface area contributed by atoms with Crippen molar-refractivity contribution in [3.8, 4) is 11.3 Å². The van der Waals surface area contributed by atoms with Crippen LogP contribution in [0.4, 0.5) is 0 Å². The minimum Gasteiger partial charge on any atom is -0.350 e. The number of nitrogens with one attached hydrogen (secondary N) is 1. The highest BCUT2D eigenvalue weighted by Gasteiger charge is 2.20. The third-order valence-corrected chi connectivity index (χ3v) is 3.99. The Kier molecular flexibility index (Phi) is 4.30. The first-order valence-electron chi connectivity index (χ1n) is 8.23. The molecular weight excluding hydrogens is 314 g/mol. The summed E-state index contributed by atoms with van der Waals surface area (Å²) in [6, 6.07) is 11.6. The number of nitrogens with two attached hydrogens (primary N) is 1. The number of hydrogen-bond donors (Lipinski definition) is 2. The van der Waals surface area contributed by atoms with Crippen molar-refractivity contribution in [1.82, 2.24) is 20.1 Å². The lowest BCUT2D eigenvalue weighted by Gasteiger charge is -2.19. The summed E-state index contributed by atoms with van der Waals surface area (Å²) in [6.07, 6.45) is 0. The SMILES string of the molecule is Cc1nn(C)c2nc(-c3ccccc3)cc(C(=O)NCC(C)(C)N)c12. The number of amides is 1. The van der Waals surface area contributed by atoms with Gasteiger partial charge in [-0.25, -0.2) is 4.98 Å². The standard InChI is InChI=1S/C19H23N5O/c1-12-16-14(18(25)21-11-19(2,3)20)10-15(13-8-6-5-7-9-13)22-17(16)24(4)23-12/h5-10H,11,20H2,1-4H3,(H,21,25). The summed E-state index contributed by atoms with van der Waals surface area (Å²) in [4.78, 5) is 17.5. The van der Waals surface area contributed by atoms with Gasteiger partial charge < -0.3 is 11.1 Å². The fourth-order valence-electron chi connectivity index (χ4n) is 2.78. The molecule has 3 N–H and O–H groups in total. The van der Waals surface area contributed by atoms with Crippen molar-refractivity contribution in [1.29, 1.82) is 0 Å². The van der Waals surface area contributed by atoms with Gasteiger partial charge in [-0.15, -0.1) is 0 Å². The Morgan fingerprint density at radius 3 is 2.60 bits per heavy atom. The first kappa shape index (κ1) is 17.1. The Balaban J connectivity index is 2.13. The van der Waals surface area contributed by atoms with Crippen LogP contribution in [0.15, 0.2) is 36.4 Å². The predicted octanol–water partition coefficient (Wildman–Crippen LogP) is 2.41. The van der Waals surface area contributed by atoms with Gasteiger partial charge in [0.05, 0.1) is 22.3 Å². The van der Waals surface area contributed by atoms with Crippen molar-refractivity contribution < 1.29 is 4.79 Å². The fourth-order valence-corrected chi connectivity index (χ4v) is 2.78. The first-order valence-corrected chi connectivity index (χ1v) is 8.23. The van der Waals surface area contributed by atoms with Gasteiger partial charge >= 0.3 is 0 Å². The van der Waals surface area contributed by atoms with E-state index in [9.17, 15) is 4.79 Å². The molecule has 3 aromatic rings. The number of fused-ring (bicyclic) bond motifs is 1. The maximum Gasteiger partial charge on any atom is 0.252 e. The Labute approximate surface area is 147 Å². The molecule has 0 saturated carbocycles. The molecule has 0 bridgehead atoms. The number of rotatable bonds is 4. The zero-order valence-electron chi connectivity index (χ0n) is 15.0. The van der Waals surface area contributed by atoms with E-state index in [4.69, 9.17) is 10.7 Å². The lowest BCUT2D eigenvalue weighted by Crippen LogP contribution is -2.45. The Bertz CT molecular complexity index is 922. The van der Waals surface area contributed by atoms with Crippen LogP contribution in [0.2, 0.25) is 0 Å². The second-order valence-electron chi connectivity index (χ2n) is 7.00. The molecule has 0 aliphatic rings. The normalized spacial score (nSPS) is 11.7. The number of nitrogens with zero attached hydrogens (tertiary/aromatic N) is 3. The van der Waals surface area contributed by atoms with Gasteiger partial charge in [0, 0.05) is 24.7 Å². The molecule has 2 heterocycles. The number of pyridine rings is 1. The third kappa shape index (κ3) is 3.53. The molecule has 0 saturated heterocycles. The minimum absolute atomic E-state index is 0.167. The molecule has 0 atom stereocenters. The van der Waals surface area contributed by atoms with Crippen LogP contribution in [0.5, 0.6) is 0 Å². The predicted molar refractivity (Wildman–Crippen MR) is 99.3 cm³/mol. The molecule has 130 valence electrons. The van der Waals surface area contributed by atoms with Crippen LogP contribution in [0, 0.1) is 6.92 Å². The summed E-state index contributed by atoms with van der Waals surface area (Å²) in [5.74, 6) is -0.167. The van der Waals surface area contributed by atoms with Crippen molar-refractivity contribution in [3.05, 3.63) is 47.7 Å². The Hall–Kier alpha value is -2.73. The third-order valence-electron chi connectivity index (χ3n) is 3.99. The van der Waals surface area contributed by atoms with E-state index >= 15 is 0 Å². The van der Waals surface area contributed by atoms with E-state index in [-0.39, 0.29) is 5.91 Å². The maximum absolute atomic E-state index is 12.8. The zero-order chi connectivity index (χ0) is 18.2. The summed E-state index contributed by atoms with van der Waals surface area (Å²) in [6.45, 7) is 6.02. The van der Waals surface area contributed by atoms with Crippen LogP contribution in [-0.4, -0.2) is 32.8 Å². The second kappa shape index (κ2) is 6.29. The molecule has 1 aromatic carbocycles. The van der Waals surface area contributed by atoms with Crippen LogP contribution in [0.25, 0.3) is 22.3 Å². The van der Waals surface area contributed by atoms with Crippen LogP contribution in [0.3, 0.4) is 0 Å². The molecule has 6 nitrogen and oxygen atoms in total. The maximum atomic E-state index is 12.8. The van der Waals surface area contributed by atoms with E-state index in [0.29, 0.717) is 17.8 Å². The van der Waals surface area contributed by atoms with Crippen molar-refractivity contribution in [2.75, 3.05) is 6.54 Å². The molecule has 0 spiro atoms. The number of aromatic nitrogens is 3. The van der Waals surface area contributed by atoms with E-state index in [2.05, 4.69) is 10.4 Å². The monoisotopic (exact) mass is 337 g/mol. The van der Waals surface area contributed by atoms with Crippen molar-refractivity contribution in [2.24, 2.45) is 12.8 Å². The molecular formula is C19H23N5O. The summed E-state index contributed by atoms with van der Waals surface area (Å²) in [7, 11) is 1.84. The lowest BCUT2D eigenvalue weighted by atomic mass is 10.0. The molecule has 3 rings (SSSR count). The zero-order valence-corrected chi connectivity index (χ0v) is 15.0. The fraction of sp³-hybridized carbons (Fsp3) is 0.316. The molecule has 1 amide bonds.